The van der Waals surface area contributed by atoms with Gasteiger partial charge in [0, 0.05) is 13.1 Å². The fourth-order valence-electron chi connectivity index (χ4n) is 2.59. The van der Waals surface area contributed by atoms with Crippen molar-refractivity contribution in [2.45, 2.75) is 30.7 Å². The third-order valence-corrected chi connectivity index (χ3v) is 3.65. The molecule has 102 valence electrons. The van der Waals surface area contributed by atoms with E-state index in [9.17, 15) is 10.2 Å². The van der Waals surface area contributed by atoms with Crippen LogP contribution in [-0.4, -0.2) is 55.0 Å². The summed E-state index contributed by atoms with van der Waals surface area (Å²) in [6.45, 7) is 0. The normalized spacial score (nSPS) is 30.9. The van der Waals surface area contributed by atoms with E-state index in [2.05, 4.69) is 20.3 Å². The molecule has 1 saturated carbocycles. The van der Waals surface area contributed by atoms with Crippen LogP contribution in [-0.2, 0) is 0 Å². The number of aromatic nitrogens is 4. The van der Waals surface area contributed by atoms with E-state index in [-0.39, 0.29) is 6.04 Å². The Bertz CT molecular complexity index is 600. The van der Waals surface area contributed by atoms with Crippen LogP contribution in [0.4, 0.5) is 5.82 Å². The zero-order chi connectivity index (χ0) is 13.6. The van der Waals surface area contributed by atoms with Gasteiger partial charge in [0.15, 0.2) is 11.5 Å². The predicted molar refractivity (Wildman–Crippen MR) is 68.5 cm³/mol. The second-order valence-electron chi connectivity index (χ2n) is 4.74. The minimum absolute atomic E-state index is 0.324. The van der Waals surface area contributed by atoms with E-state index in [1.807, 2.05) is 0 Å². The van der Waals surface area contributed by atoms with Crippen LogP contribution in [0.1, 0.15) is 12.5 Å². The molecule has 0 saturated heterocycles. The molecule has 2 aromatic heterocycles. The molecule has 3 rings (SSSR count). The molecule has 5 N–H and O–H groups in total. The molecule has 2 heterocycles. The number of aliphatic hydroxyl groups is 2. The van der Waals surface area contributed by atoms with E-state index in [1.54, 1.807) is 17.9 Å². The van der Waals surface area contributed by atoms with Crippen molar-refractivity contribution in [3.05, 3.63) is 12.7 Å². The number of anilines is 1. The van der Waals surface area contributed by atoms with Gasteiger partial charge in [0.2, 0.25) is 0 Å². The van der Waals surface area contributed by atoms with Crippen LogP contribution >= 0.6 is 0 Å². The lowest BCUT2D eigenvalue weighted by Gasteiger charge is -2.17. The Morgan fingerprint density at radius 3 is 2.74 bits per heavy atom. The first-order chi connectivity index (χ1) is 9.13. The van der Waals surface area contributed by atoms with E-state index in [4.69, 9.17) is 5.73 Å². The third-order valence-electron chi connectivity index (χ3n) is 3.65. The summed E-state index contributed by atoms with van der Waals surface area (Å²) in [6, 6.07) is -0.766. The van der Waals surface area contributed by atoms with Crippen LogP contribution in [0, 0.1) is 0 Å². The van der Waals surface area contributed by atoms with E-state index in [1.165, 1.54) is 6.33 Å². The number of aliphatic hydroxyl groups excluding tert-OH is 2. The number of rotatable bonds is 2. The van der Waals surface area contributed by atoms with Crippen LogP contribution in [0.15, 0.2) is 12.7 Å². The summed E-state index contributed by atoms with van der Waals surface area (Å²) >= 11 is 0. The minimum Gasteiger partial charge on any atom is -0.389 e. The van der Waals surface area contributed by atoms with Gasteiger partial charge in [-0.25, -0.2) is 15.0 Å². The van der Waals surface area contributed by atoms with Gasteiger partial charge in [-0.15, -0.1) is 0 Å². The minimum atomic E-state index is -0.923. The van der Waals surface area contributed by atoms with Gasteiger partial charge in [0.1, 0.15) is 17.9 Å². The average Bonchev–Trinajstić information content (AvgIpc) is 2.95. The highest BCUT2D eigenvalue weighted by atomic mass is 16.3. The molecular formula is C11H16N6O2. The van der Waals surface area contributed by atoms with E-state index in [0.29, 0.717) is 23.4 Å². The fraction of sp³-hybridized carbons (Fsp3) is 0.545. The molecule has 19 heavy (non-hydrogen) atoms. The third kappa shape index (κ3) is 1.76. The van der Waals surface area contributed by atoms with E-state index in [0.717, 1.165) is 0 Å². The van der Waals surface area contributed by atoms with Crippen LogP contribution in [0.3, 0.4) is 0 Å². The Kier molecular flexibility index (Phi) is 2.85. The van der Waals surface area contributed by atoms with Crippen molar-refractivity contribution in [3.63, 3.8) is 0 Å². The number of nitrogens with one attached hydrogen (secondary N) is 1. The number of nitrogens with zero attached hydrogens (tertiary/aromatic N) is 4. The summed E-state index contributed by atoms with van der Waals surface area (Å²) in [6.07, 6.45) is 1.67. The Morgan fingerprint density at radius 2 is 2.11 bits per heavy atom. The molecule has 1 aliphatic carbocycles. The molecule has 2 aromatic rings. The van der Waals surface area contributed by atoms with Gasteiger partial charge < -0.3 is 25.8 Å². The van der Waals surface area contributed by atoms with Crippen LogP contribution < -0.4 is 11.1 Å². The zero-order valence-electron chi connectivity index (χ0n) is 10.4. The van der Waals surface area contributed by atoms with Crippen LogP contribution in [0.5, 0.6) is 0 Å². The smallest absolute Gasteiger partial charge is 0.165 e. The molecule has 1 aliphatic rings. The maximum Gasteiger partial charge on any atom is 0.165 e. The second kappa shape index (κ2) is 4.41. The molecule has 4 atom stereocenters. The Morgan fingerprint density at radius 1 is 1.32 bits per heavy atom. The highest BCUT2D eigenvalue weighted by Gasteiger charge is 2.41. The van der Waals surface area contributed by atoms with Crippen molar-refractivity contribution in [2.24, 2.45) is 5.73 Å². The van der Waals surface area contributed by atoms with Gasteiger partial charge in [0.05, 0.1) is 18.5 Å². The molecule has 0 bridgehead atoms. The average molecular weight is 264 g/mol. The Balaban J connectivity index is 2.07. The van der Waals surface area contributed by atoms with Crippen molar-refractivity contribution in [3.8, 4) is 0 Å². The second-order valence-corrected chi connectivity index (χ2v) is 4.74. The quantitative estimate of drug-likeness (QED) is 0.541. The number of hydrogen-bond donors (Lipinski definition) is 4. The Hall–Kier alpha value is -1.77. The summed E-state index contributed by atoms with van der Waals surface area (Å²) in [7, 11) is 1.75. The van der Waals surface area contributed by atoms with Gasteiger partial charge in [-0.3, -0.25) is 0 Å². The largest absolute Gasteiger partial charge is 0.389 e. The number of fused-ring (bicyclic) bond motifs is 1. The van der Waals surface area contributed by atoms with Gasteiger partial charge in [-0.05, 0) is 6.42 Å². The van der Waals surface area contributed by atoms with Crippen molar-refractivity contribution < 1.29 is 10.2 Å². The fourth-order valence-corrected chi connectivity index (χ4v) is 2.59. The standard InChI is InChI=1S/C11H16N6O2/c1-13-10-7-11(15-3-14-10)17(4-16-7)6-2-5(12)8(18)9(6)19/h3-6,8-9,18-19H,2,12H2,1H3,(H,13,14,15)/t5-,6+,8-,9+/m0/s1. The van der Waals surface area contributed by atoms with E-state index < -0.39 is 18.2 Å². The maximum atomic E-state index is 10.0. The summed E-state index contributed by atoms with van der Waals surface area (Å²) in [4.78, 5) is 12.5. The molecule has 8 heteroatoms. The molecule has 0 aliphatic heterocycles. The molecule has 1 fully saturated rings. The number of nitrogens with two attached hydrogens (primary N) is 1. The highest BCUT2D eigenvalue weighted by Crippen LogP contribution is 2.32. The zero-order valence-corrected chi connectivity index (χ0v) is 10.4. The molecule has 0 aromatic carbocycles. The Labute approximate surface area is 109 Å². The van der Waals surface area contributed by atoms with Crippen molar-refractivity contribution in [1.29, 1.82) is 0 Å². The monoisotopic (exact) mass is 264 g/mol. The topological polar surface area (TPSA) is 122 Å². The molecule has 0 amide bonds. The SMILES string of the molecule is CNc1ncnc2c1ncn2[C@@H]1C[C@H](N)[C@H](O)[C@@H]1O. The number of imidazole rings is 1. The van der Waals surface area contributed by atoms with Crippen molar-refractivity contribution in [2.75, 3.05) is 12.4 Å². The first kappa shape index (κ1) is 12.3. The van der Waals surface area contributed by atoms with Gasteiger partial charge >= 0.3 is 0 Å². The summed E-state index contributed by atoms with van der Waals surface area (Å²) in [5.41, 5.74) is 7.02. The lowest BCUT2D eigenvalue weighted by atomic mass is 10.2. The van der Waals surface area contributed by atoms with Crippen LogP contribution in [0.25, 0.3) is 11.2 Å². The number of hydrogen-bond acceptors (Lipinski definition) is 7. The first-order valence-electron chi connectivity index (χ1n) is 6.10. The molecule has 0 radical (unpaired) electrons. The molecule has 0 spiro atoms. The van der Waals surface area contributed by atoms with Crippen molar-refractivity contribution >= 4 is 17.0 Å². The predicted octanol–water partition coefficient (Wildman–Crippen LogP) is -1.14. The van der Waals surface area contributed by atoms with Gasteiger partial charge in [-0.2, -0.15) is 0 Å². The molecule has 0 unspecified atom stereocenters. The van der Waals surface area contributed by atoms with Gasteiger partial charge in [-0.1, -0.05) is 0 Å². The van der Waals surface area contributed by atoms with Gasteiger partial charge in [0.25, 0.3) is 0 Å². The summed E-state index contributed by atoms with van der Waals surface area (Å²) in [5.74, 6) is 0.626. The molecule has 8 nitrogen and oxygen atoms in total. The van der Waals surface area contributed by atoms with Crippen molar-refractivity contribution in [1.82, 2.24) is 19.5 Å². The van der Waals surface area contributed by atoms with E-state index >= 15 is 0 Å². The lowest BCUT2D eigenvalue weighted by molar-refractivity contribution is 0.0187. The lowest BCUT2D eigenvalue weighted by Crippen LogP contribution is -2.35. The summed E-state index contributed by atoms with van der Waals surface area (Å²) < 4.78 is 1.75. The molecular weight excluding hydrogens is 248 g/mol. The highest BCUT2D eigenvalue weighted by molar-refractivity contribution is 5.82. The first-order valence-corrected chi connectivity index (χ1v) is 6.10. The van der Waals surface area contributed by atoms with Crippen LogP contribution in [0.2, 0.25) is 0 Å². The maximum absolute atomic E-state index is 10.0. The summed E-state index contributed by atoms with van der Waals surface area (Å²) in [5, 5.41) is 22.7.